The van der Waals surface area contributed by atoms with Gasteiger partial charge in [-0.15, -0.1) is 0 Å². The van der Waals surface area contributed by atoms with E-state index >= 15 is 0 Å². The molecule has 0 aliphatic carbocycles. The predicted molar refractivity (Wildman–Crippen MR) is 131 cm³/mol. The quantitative estimate of drug-likeness (QED) is 0.204. The highest BCUT2D eigenvalue weighted by Crippen LogP contribution is 2.40. The van der Waals surface area contributed by atoms with Gasteiger partial charge in [0.15, 0.2) is 0 Å². The molecule has 3 aromatic rings. The molecule has 182 valence electrons. The van der Waals surface area contributed by atoms with E-state index in [0.717, 1.165) is 11.1 Å². The molecular formula is C28H29NO6. The standard InChI is InChI=1S/C28H29NO6/c1-18-7-4-5-8-21(18)17-34-22-12-10-20(11-13-22)26(30)24-25(23-14-9-19(2)35-23)29(15-6-16-33-3)28(32)27(24)31/h4-5,7-14,25,30H,6,15-17H2,1-3H3/b26-24+. The molecule has 1 atom stereocenters. The van der Waals surface area contributed by atoms with Crippen LogP contribution in [0.25, 0.3) is 5.76 Å². The molecule has 1 unspecified atom stereocenters. The lowest BCUT2D eigenvalue weighted by molar-refractivity contribution is -0.140. The van der Waals surface area contributed by atoms with Crippen molar-refractivity contribution < 1.29 is 28.6 Å². The molecule has 0 spiro atoms. The molecule has 1 N–H and O–H groups in total. The summed E-state index contributed by atoms with van der Waals surface area (Å²) in [6.45, 7) is 4.97. The fraction of sp³-hybridized carbons (Fsp3) is 0.286. The predicted octanol–water partition coefficient (Wildman–Crippen LogP) is 4.93. The molecule has 2 aromatic carbocycles. The average Bonchev–Trinajstić information content (AvgIpc) is 3.39. The van der Waals surface area contributed by atoms with Crippen LogP contribution in [0.3, 0.4) is 0 Å². The second-order valence-electron chi connectivity index (χ2n) is 8.53. The number of benzene rings is 2. The molecular weight excluding hydrogens is 446 g/mol. The molecule has 35 heavy (non-hydrogen) atoms. The number of aliphatic hydroxyl groups excluding tert-OH is 1. The van der Waals surface area contributed by atoms with Crippen molar-refractivity contribution in [1.29, 1.82) is 0 Å². The van der Waals surface area contributed by atoms with Crippen LogP contribution in [0.4, 0.5) is 0 Å². The van der Waals surface area contributed by atoms with Crippen molar-refractivity contribution in [2.45, 2.75) is 32.9 Å². The van der Waals surface area contributed by atoms with E-state index < -0.39 is 17.7 Å². The molecule has 1 saturated heterocycles. The van der Waals surface area contributed by atoms with Gasteiger partial charge in [0.1, 0.15) is 35.7 Å². The molecule has 0 bridgehead atoms. The number of rotatable bonds is 9. The topological polar surface area (TPSA) is 89.2 Å². The van der Waals surface area contributed by atoms with Gasteiger partial charge in [0.05, 0.1) is 5.57 Å². The third kappa shape index (κ3) is 5.15. The van der Waals surface area contributed by atoms with Crippen LogP contribution >= 0.6 is 0 Å². The van der Waals surface area contributed by atoms with E-state index in [1.165, 1.54) is 4.90 Å². The molecule has 7 heteroatoms. The number of carbonyl (C=O) groups is 2. The van der Waals surface area contributed by atoms with Crippen LogP contribution in [0.1, 0.15) is 40.7 Å². The Morgan fingerprint density at radius 3 is 2.43 bits per heavy atom. The largest absolute Gasteiger partial charge is 0.507 e. The minimum Gasteiger partial charge on any atom is -0.507 e. The number of methoxy groups -OCH3 is 1. The lowest BCUT2D eigenvalue weighted by Crippen LogP contribution is -2.31. The fourth-order valence-corrected chi connectivity index (χ4v) is 4.18. The van der Waals surface area contributed by atoms with E-state index in [1.54, 1.807) is 50.4 Å². The fourth-order valence-electron chi connectivity index (χ4n) is 4.18. The summed E-state index contributed by atoms with van der Waals surface area (Å²) in [6.07, 6.45) is 0.548. The van der Waals surface area contributed by atoms with Crippen molar-refractivity contribution in [3.05, 3.63) is 94.4 Å². The normalized spacial score (nSPS) is 17.2. The third-order valence-corrected chi connectivity index (χ3v) is 6.10. The number of ether oxygens (including phenoxy) is 2. The molecule has 4 rings (SSSR count). The van der Waals surface area contributed by atoms with Gasteiger partial charge in [-0.05, 0) is 67.8 Å². The summed E-state index contributed by atoms with van der Waals surface area (Å²) in [7, 11) is 1.58. The number of carbonyl (C=O) groups excluding carboxylic acids is 2. The first kappa shape index (κ1) is 24.3. The highest BCUT2D eigenvalue weighted by molar-refractivity contribution is 6.46. The Hall–Kier alpha value is -3.84. The molecule has 1 amide bonds. The van der Waals surface area contributed by atoms with Crippen molar-refractivity contribution in [1.82, 2.24) is 4.90 Å². The first-order valence-electron chi connectivity index (χ1n) is 11.5. The maximum absolute atomic E-state index is 13.0. The third-order valence-electron chi connectivity index (χ3n) is 6.10. The second kappa shape index (κ2) is 10.6. The maximum atomic E-state index is 13.0. The van der Waals surface area contributed by atoms with Gasteiger partial charge in [-0.2, -0.15) is 0 Å². The summed E-state index contributed by atoms with van der Waals surface area (Å²) < 4.78 is 16.8. The van der Waals surface area contributed by atoms with Gasteiger partial charge in [0.2, 0.25) is 0 Å². The lowest BCUT2D eigenvalue weighted by atomic mass is 9.99. The Labute approximate surface area is 204 Å². The zero-order valence-electron chi connectivity index (χ0n) is 20.1. The molecule has 7 nitrogen and oxygen atoms in total. The maximum Gasteiger partial charge on any atom is 0.295 e. The van der Waals surface area contributed by atoms with E-state index in [0.29, 0.717) is 49.0 Å². The minimum absolute atomic E-state index is 0.00958. The van der Waals surface area contributed by atoms with Crippen LogP contribution < -0.4 is 4.74 Å². The van der Waals surface area contributed by atoms with E-state index in [-0.39, 0.29) is 11.3 Å². The number of ketones is 1. The molecule has 0 radical (unpaired) electrons. The number of nitrogens with zero attached hydrogens (tertiary/aromatic N) is 1. The number of aryl methyl sites for hydroxylation is 2. The first-order valence-corrected chi connectivity index (χ1v) is 11.5. The number of Topliss-reactive ketones (excluding diaryl/α,β-unsaturated/α-hetero) is 1. The van der Waals surface area contributed by atoms with Gasteiger partial charge < -0.3 is 23.9 Å². The van der Waals surface area contributed by atoms with Crippen LogP contribution in [-0.2, 0) is 20.9 Å². The summed E-state index contributed by atoms with van der Waals surface area (Å²) >= 11 is 0. The molecule has 1 aliphatic rings. The number of hydrogen-bond donors (Lipinski definition) is 1. The van der Waals surface area contributed by atoms with Crippen LogP contribution in [0, 0.1) is 13.8 Å². The summed E-state index contributed by atoms with van der Waals surface area (Å²) in [6, 6.07) is 17.5. The van der Waals surface area contributed by atoms with Gasteiger partial charge in [-0.3, -0.25) is 9.59 Å². The monoisotopic (exact) mass is 475 g/mol. The molecule has 1 aliphatic heterocycles. The Balaban J connectivity index is 1.61. The summed E-state index contributed by atoms with van der Waals surface area (Å²) in [5.41, 5.74) is 2.65. The highest BCUT2D eigenvalue weighted by Gasteiger charge is 2.47. The number of aliphatic hydroxyl groups is 1. The second-order valence-corrected chi connectivity index (χ2v) is 8.53. The zero-order chi connectivity index (χ0) is 24.9. The van der Waals surface area contributed by atoms with Crippen LogP contribution in [0.2, 0.25) is 0 Å². The van der Waals surface area contributed by atoms with Crippen LogP contribution in [-0.4, -0.2) is 42.0 Å². The number of amides is 1. The Kier molecular flexibility index (Phi) is 7.36. The Bertz CT molecular complexity index is 1240. The summed E-state index contributed by atoms with van der Waals surface area (Å²) in [5.74, 6) is 0.0559. The highest BCUT2D eigenvalue weighted by atomic mass is 16.5. The van der Waals surface area contributed by atoms with Gasteiger partial charge in [-0.25, -0.2) is 0 Å². The van der Waals surface area contributed by atoms with Crippen molar-refractivity contribution in [3.8, 4) is 5.75 Å². The van der Waals surface area contributed by atoms with E-state index in [9.17, 15) is 14.7 Å². The number of likely N-dealkylation sites (tertiary alicyclic amines) is 1. The van der Waals surface area contributed by atoms with Crippen molar-refractivity contribution in [2.75, 3.05) is 20.3 Å². The molecule has 1 aromatic heterocycles. The van der Waals surface area contributed by atoms with Gasteiger partial charge in [-0.1, -0.05) is 24.3 Å². The summed E-state index contributed by atoms with van der Waals surface area (Å²) in [4.78, 5) is 27.3. The van der Waals surface area contributed by atoms with Crippen molar-refractivity contribution in [3.63, 3.8) is 0 Å². The lowest BCUT2D eigenvalue weighted by Gasteiger charge is -2.23. The minimum atomic E-state index is -0.808. The van der Waals surface area contributed by atoms with E-state index in [1.807, 2.05) is 31.2 Å². The van der Waals surface area contributed by atoms with Gasteiger partial charge in [0.25, 0.3) is 11.7 Å². The van der Waals surface area contributed by atoms with Crippen molar-refractivity contribution in [2.24, 2.45) is 0 Å². The smallest absolute Gasteiger partial charge is 0.295 e. The van der Waals surface area contributed by atoms with Crippen LogP contribution in [0.15, 0.2) is 70.7 Å². The number of hydrogen-bond acceptors (Lipinski definition) is 6. The Morgan fingerprint density at radius 2 is 1.77 bits per heavy atom. The van der Waals surface area contributed by atoms with Crippen LogP contribution in [0.5, 0.6) is 5.75 Å². The number of furan rings is 1. The summed E-state index contributed by atoms with van der Waals surface area (Å²) in [5, 5.41) is 11.1. The SMILES string of the molecule is COCCCN1C(=O)C(=O)/C(=C(/O)c2ccc(OCc3ccccc3C)cc2)C1c1ccc(C)o1. The first-order chi connectivity index (χ1) is 16.9. The Morgan fingerprint density at radius 1 is 1.03 bits per heavy atom. The van der Waals surface area contributed by atoms with Crippen molar-refractivity contribution >= 4 is 17.4 Å². The van der Waals surface area contributed by atoms with E-state index in [4.69, 9.17) is 13.9 Å². The molecule has 2 heterocycles. The average molecular weight is 476 g/mol. The van der Waals surface area contributed by atoms with E-state index in [2.05, 4.69) is 0 Å². The molecule has 0 saturated carbocycles. The molecule has 1 fully saturated rings. The van der Waals surface area contributed by atoms with Gasteiger partial charge in [0, 0.05) is 25.8 Å². The zero-order valence-corrected chi connectivity index (χ0v) is 20.1. The van der Waals surface area contributed by atoms with Gasteiger partial charge >= 0.3 is 0 Å².